The van der Waals surface area contributed by atoms with E-state index in [1.165, 1.54) is 6.07 Å². The first-order valence-corrected chi connectivity index (χ1v) is 8.50. The molecule has 0 bridgehead atoms. The van der Waals surface area contributed by atoms with Gasteiger partial charge in [0.05, 0.1) is 16.9 Å². The minimum atomic E-state index is -1.09. The van der Waals surface area contributed by atoms with Crippen LogP contribution in [-0.4, -0.2) is 26.4 Å². The highest BCUT2D eigenvalue weighted by Crippen LogP contribution is 2.22. The summed E-state index contributed by atoms with van der Waals surface area (Å²) in [6, 6.07) is 10.5. The lowest BCUT2D eigenvalue weighted by molar-refractivity contribution is -0.116. The number of hydrogen-bond acceptors (Lipinski definition) is 3. The van der Waals surface area contributed by atoms with Crippen LogP contribution < -0.4 is 5.32 Å². The number of halogens is 1. The van der Waals surface area contributed by atoms with E-state index in [4.69, 9.17) is 0 Å². The van der Waals surface area contributed by atoms with Gasteiger partial charge in [-0.25, -0.2) is 9.78 Å². The number of imidazole rings is 1. The predicted octanol–water partition coefficient (Wildman–Crippen LogP) is 3.67. The Labute approximate surface area is 152 Å². The molecule has 2 heterocycles. The van der Waals surface area contributed by atoms with Crippen molar-refractivity contribution in [1.29, 1.82) is 0 Å². The molecule has 0 saturated heterocycles. The molecular weight excluding hydrogens is 386 g/mol. The molecule has 0 saturated carbocycles. The van der Waals surface area contributed by atoms with Gasteiger partial charge >= 0.3 is 5.97 Å². The number of anilines is 1. The van der Waals surface area contributed by atoms with Gasteiger partial charge in [-0.05, 0) is 43.7 Å². The normalized spacial score (nSPS) is 10.8. The predicted molar refractivity (Wildman–Crippen MR) is 98.0 cm³/mol. The fourth-order valence-electron chi connectivity index (χ4n) is 2.71. The van der Waals surface area contributed by atoms with Crippen molar-refractivity contribution < 1.29 is 14.7 Å². The zero-order valence-electron chi connectivity index (χ0n) is 13.5. The number of fused-ring (bicyclic) bond motifs is 1. The summed E-state index contributed by atoms with van der Waals surface area (Å²) in [4.78, 5) is 28.0. The molecule has 1 amide bonds. The van der Waals surface area contributed by atoms with Crippen LogP contribution in [0.5, 0.6) is 0 Å². The highest BCUT2D eigenvalue weighted by Gasteiger charge is 2.14. The second kappa shape index (κ2) is 7.06. The molecule has 7 heteroatoms. The Morgan fingerprint density at radius 1 is 1.28 bits per heavy atom. The SMILES string of the molecule is Cc1nc2ccccn2c1CCC(=O)Nc1ccc(Br)cc1C(=O)O. The number of carbonyl (C=O) groups excluding carboxylic acids is 1. The van der Waals surface area contributed by atoms with Gasteiger partial charge in [0, 0.05) is 22.8 Å². The molecule has 0 aliphatic rings. The first-order chi connectivity index (χ1) is 12.0. The summed E-state index contributed by atoms with van der Waals surface area (Å²) in [6.45, 7) is 1.91. The van der Waals surface area contributed by atoms with E-state index in [0.717, 1.165) is 17.0 Å². The number of nitrogens with one attached hydrogen (secondary N) is 1. The minimum absolute atomic E-state index is 0.0497. The second-order valence-corrected chi connectivity index (χ2v) is 6.53. The van der Waals surface area contributed by atoms with E-state index in [0.29, 0.717) is 10.9 Å². The number of aromatic carboxylic acids is 1. The highest BCUT2D eigenvalue weighted by molar-refractivity contribution is 9.10. The number of hydrogen-bond donors (Lipinski definition) is 2. The van der Waals surface area contributed by atoms with Gasteiger partial charge in [0.2, 0.25) is 5.91 Å². The topological polar surface area (TPSA) is 83.7 Å². The average molecular weight is 402 g/mol. The van der Waals surface area contributed by atoms with Crippen LogP contribution in [0.3, 0.4) is 0 Å². The number of nitrogens with zero attached hydrogens (tertiary/aromatic N) is 2. The molecule has 0 aliphatic carbocycles. The van der Waals surface area contributed by atoms with Crippen LogP contribution in [0.2, 0.25) is 0 Å². The van der Waals surface area contributed by atoms with Gasteiger partial charge in [-0.15, -0.1) is 0 Å². The van der Waals surface area contributed by atoms with Crippen molar-refractivity contribution in [2.45, 2.75) is 19.8 Å². The summed E-state index contributed by atoms with van der Waals surface area (Å²) in [7, 11) is 0. The molecule has 0 spiro atoms. The Kier molecular flexibility index (Phi) is 4.85. The number of carbonyl (C=O) groups is 2. The molecule has 3 aromatic rings. The molecule has 1 aromatic carbocycles. The molecule has 3 rings (SSSR count). The third-order valence-corrected chi connectivity index (χ3v) is 4.40. The summed E-state index contributed by atoms with van der Waals surface area (Å²) < 4.78 is 2.61. The fraction of sp³-hybridized carbons (Fsp3) is 0.167. The lowest BCUT2D eigenvalue weighted by atomic mass is 10.1. The fourth-order valence-corrected chi connectivity index (χ4v) is 3.07. The van der Waals surface area contributed by atoms with Gasteiger partial charge in [-0.3, -0.25) is 4.79 Å². The maximum atomic E-state index is 12.3. The molecule has 25 heavy (non-hydrogen) atoms. The zero-order chi connectivity index (χ0) is 18.0. The first kappa shape index (κ1) is 17.2. The summed E-state index contributed by atoms with van der Waals surface area (Å²) in [5.74, 6) is -1.33. The van der Waals surface area contributed by atoms with Crippen LogP contribution in [0.4, 0.5) is 5.69 Å². The van der Waals surface area contributed by atoms with E-state index in [-0.39, 0.29) is 23.6 Å². The van der Waals surface area contributed by atoms with Crippen LogP contribution in [-0.2, 0) is 11.2 Å². The third kappa shape index (κ3) is 3.71. The van der Waals surface area contributed by atoms with Crippen molar-refractivity contribution >= 4 is 39.1 Å². The van der Waals surface area contributed by atoms with Gasteiger partial charge in [-0.1, -0.05) is 22.0 Å². The summed E-state index contributed by atoms with van der Waals surface area (Å²) in [5, 5.41) is 11.9. The summed E-state index contributed by atoms with van der Waals surface area (Å²) in [5.41, 5.74) is 3.04. The van der Waals surface area contributed by atoms with E-state index in [2.05, 4.69) is 26.2 Å². The maximum Gasteiger partial charge on any atom is 0.337 e. The number of aromatic nitrogens is 2. The van der Waals surface area contributed by atoms with Crippen LogP contribution >= 0.6 is 15.9 Å². The Hall–Kier alpha value is -2.67. The Morgan fingerprint density at radius 3 is 2.84 bits per heavy atom. The molecule has 2 aromatic heterocycles. The minimum Gasteiger partial charge on any atom is -0.478 e. The van der Waals surface area contributed by atoms with E-state index < -0.39 is 5.97 Å². The Morgan fingerprint density at radius 2 is 2.08 bits per heavy atom. The van der Waals surface area contributed by atoms with Gasteiger partial charge in [0.1, 0.15) is 5.65 Å². The molecule has 0 aliphatic heterocycles. The van der Waals surface area contributed by atoms with Crippen molar-refractivity contribution in [3.63, 3.8) is 0 Å². The van der Waals surface area contributed by atoms with Crippen LogP contribution in [0.1, 0.15) is 28.2 Å². The van der Waals surface area contributed by atoms with Gasteiger partial charge < -0.3 is 14.8 Å². The molecule has 0 radical (unpaired) electrons. The quantitative estimate of drug-likeness (QED) is 0.682. The van der Waals surface area contributed by atoms with Crippen molar-refractivity contribution in [3.05, 3.63) is 64.0 Å². The number of rotatable bonds is 5. The number of amides is 1. The standard InChI is InChI=1S/C18H16BrN3O3/c1-11-15(22-9-3-2-4-16(22)20-11)7-8-17(23)21-14-6-5-12(19)10-13(14)18(24)25/h2-6,9-10H,7-8H2,1H3,(H,21,23)(H,24,25). The highest BCUT2D eigenvalue weighted by atomic mass is 79.9. The maximum absolute atomic E-state index is 12.3. The van der Waals surface area contributed by atoms with E-state index in [1.807, 2.05) is 35.7 Å². The smallest absolute Gasteiger partial charge is 0.337 e. The van der Waals surface area contributed by atoms with Crippen LogP contribution in [0, 0.1) is 6.92 Å². The van der Waals surface area contributed by atoms with Crippen molar-refractivity contribution in [1.82, 2.24) is 9.38 Å². The molecule has 128 valence electrons. The van der Waals surface area contributed by atoms with Gasteiger partial charge in [-0.2, -0.15) is 0 Å². The van der Waals surface area contributed by atoms with Crippen molar-refractivity contribution in [2.24, 2.45) is 0 Å². The largest absolute Gasteiger partial charge is 0.478 e. The number of pyridine rings is 1. The molecule has 0 fully saturated rings. The Balaban J connectivity index is 1.73. The Bertz CT molecular complexity index is 965. The average Bonchev–Trinajstić information content (AvgIpc) is 2.89. The van der Waals surface area contributed by atoms with Crippen LogP contribution in [0.15, 0.2) is 47.1 Å². The van der Waals surface area contributed by atoms with Crippen LogP contribution in [0.25, 0.3) is 5.65 Å². The second-order valence-electron chi connectivity index (χ2n) is 5.62. The monoisotopic (exact) mass is 401 g/mol. The summed E-state index contributed by atoms with van der Waals surface area (Å²) >= 11 is 3.23. The van der Waals surface area contributed by atoms with E-state index in [9.17, 15) is 14.7 Å². The molecule has 0 atom stereocenters. The van der Waals surface area contributed by atoms with Crippen molar-refractivity contribution in [2.75, 3.05) is 5.32 Å². The molecule has 6 nitrogen and oxygen atoms in total. The molecular formula is C18H16BrN3O3. The molecule has 2 N–H and O–H groups in total. The van der Waals surface area contributed by atoms with E-state index in [1.54, 1.807) is 12.1 Å². The van der Waals surface area contributed by atoms with Gasteiger partial charge in [0.15, 0.2) is 0 Å². The number of carboxylic acids is 1. The number of aryl methyl sites for hydroxylation is 2. The van der Waals surface area contributed by atoms with E-state index >= 15 is 0 Å². The zero-order valence-corrected chi connectivity index (χ0v) is 15.1. The van der Waals surface area contributed by atoms with Gasteiger partial charge in [0.25, 0.3) is 0 Å². The number of benzene rings is 1. The summed E-state index contributed by atoms with van der Waals surface area (Å²) in [6.07, 6.45) is 2.67. The number of carboxylic acid groups (broad SMARTS) is 1. The lowest BCUT2D eigenvalue weighted by Crippen LogP contribution is -2.15. The first-order valence-electron chi connectivity index (χ1n) is 7.71. The lowest BCUT2D eigenvalue weighted by Gasteiger charge is -2.09. The third-order valence-electron chi connectivity index (χ3n) is 3.90. The van der Waals surface area contributed by atoms with Crippen molar-refractivity contribution in [3.8, 4) is 0 Å². The molecule has 0 unspecified atom stereocenters.